The highest BCUT2D eigenvalue weighted by Crippen LogP contribution is 2.16. The molecule has 0 radical (unpaired) electrons. The summed E-state index contributed by atoms with van der Waals surface area (Å²) in [6.07, 6.45) is 1.45. The largest absolute Gasteiger partial charge is 0.496 e. The molecule has 25 heavy (non-hydrogen) atoms. The number of ether oxygens (including phenoxy) is 2. The number of nitrogens with zero attached hydrogens (tertiary/aromatic N) is 1. The quantitative estimate of drug-likeness (QED) is 0.474. The Balaban J connectivity index is 1.91. The molecule has 0 bridgehead atoms. The first-order chi connectivity index (χ1) is 12.2. The first-order valence-electron chi connectivity index (χ1n) is 7.41. The minimum atomic E-state index is -0.536. The highest BCUT2D eigenvalue weighted by atomic mass is 16.6. The predicted molar refractivity (Wildman–Crippen MR) is 93.0 cm³/mol. The van der Waals surface area contributed by atoms with Crippen LogP contribution >= 0.6 is 0 Å². The second kappa shape index (κ2) is 9.07. The molecule has 2 rings (SSSR count). The molecule has 0 heterocycles. The number of esters is 1. The Kier molecular flexibility index (Phi) is 6.53. The fraction of sp³-hybridized carbons (Fsp3) is 0.167. The van der Waals surface area contributed by atoms with Gasteiger partial charge >= 0.3 is 5.97 Å². The van der Waals surface area contributed by atoms with Gasteiger partial charge in [-0.05, 0) is 24.3 Å². The third kappa shape index (κ3) is 5.07. The van der Waals surface area contributed by atoms with Crippen LogP contribution in [0.5, 0.6) is 5.75 Å². The van der Waals surface area contributed by atoms with Crippen molar-refractivity contribution in [3.63, 3.8) is 0 Å². The number of hydrogen-bond acceptors (Lipinski definition) is 6. The van der Waals surface area contributed by atoms with Crippen molar-refractivity contribution in [2.45, 2.75) is 0 Å². The molecule has 7 nitrogen and oxygen atoms in total. The SMILES string of the molecule is COC(=O)c1ccccc1NC(=O)CO/N=C\c1ccccc1OC. The molecule has 0 aliphatic carbocycles. The van der Waals surface area contributed by atoms with E-state index in [0.717, 1.165) is 5.56 Å². The Morgan fingerprint density at radius 1 is 1.08 bits per heavy atom. The molecule has 130 valence electrons. The molecule has 0 saturated heterocycles. The number of rotatable bonds is 7. The molecule has 0 aliphatic heterocycles. The number of anilines is 1. The van der Waals surface area contributed by atoms with Crippen LogP contribution in [0, 0.1) is 0 Å². The van der Waals surface area contributed by atoms with Crippen LogP contribution in [0.3, 0.4) is 0 Å². The van der Waals surface area contributed by atoms with Crippen molar-refractivity contribution in [3.05, 3.63) is 59.7 Å². The first kappa shape index (κ1) is 18.0. The first-order valence-corrected chi connectivity index (χ1v) is 7.41. The molecule has 1 amide bonds. The van der Waals surface area contributed by atoms with Gasteiger partial charge in [0.05, 0.1) is 31.7 Å². The minimum Gasteiger partial charge on any atom is -0.496 e. The molecule has 0 atom stereocenters. The van der Waals surface area contributed by atoms with Gasteiger partial charge in [-0.3, -0.25) is 4.79 Å². The van der Waals surface area contributed by atoms with E-state index in [1.165, 1.54) is 13.3 Å². The summed E-state index contributed by atoms with van der Waals surface area (Å²) >= 11 is 0. The maximum Gasteiger partial charge on any atom is 0.339 e. The summed E-state index contributed by atoms with van der Waals surface area (Å²) in [6.45, 7) is -0.304. The summed E-state index contributed by atoms with van der Waals surface area (Å²) in [4.78, 5) is 28.6. The van der Waals surface area contributed by atoms with Crippen LogP contribution in [0.25, 0.3) is 0 Å². The van der Waals surface area contributed by atoms with Crippen LogP contribution < -0.4 is 10.1 Å². The summed E-state index contributed by atoms with van der Waals surface area (Å²) in [7, 11) is 2.83. The summed E-state index contributed by atoms with van der Waals surface area (Å²) < 4.78 is 9.85. The summed E-state index contributed by atoms with van der Waals surface area (Å²) in [5, 5.41) is 6.33. The lowest BCUT2D eigenvalue weighted by atomic mass is 10.2. The number of benzene rings is 2. The number of amides is 1. The van der Waals surface area contributed by atoms with Crippen LogP contribution in [-0.4, -0.2) is 38.9 Å². The molecular formula is C18H18N2O5. The Hall–Kier alpha value is -3.35. The lowest BCUT2D eigenvalue weighted by Crippen LogP contribution is -2.19. The van der Waals surface area contributed by atoms with E-state index >= 15 is 0 Å². The van der Waals surface area contributed by atoms with Gasteiger partial charge < -0.3 is 19.6 Å². The standard InChI is InChI=1S/C18H18N2O5/c1-23-16-10-6-3-7-13(16)11-19-25-12-17(21)20-15-9-5-4-8-14(15)18(22)24-2/h3-11H,12H2,1-2H3,(H,20,21)/b19-11-. The van der Waals surface area contributed by atoms with E-state index in [1.54, 1.807) is 43.5 Å². The molecule has 1 N–H and O–H groups in total. The van der Waals surface area contributed by atoms with Crippen LogP contribution in [0.15, 0.2) is 53.7 Å². The van der Waals surface area contributed by atoms with Gasteiger partial charge in [-0.1, -0.05) is 29.4 Å². The van der Waals surface area contributed by atoms with Crippen molar-refractivity contribution in [2.75, 3.05) is 26.1 Å². The molecule has 0 saturated carbocycles. The van der Waals surface area contributed by atoms with Gasteiger partial charge in [0, 0.05) is 5.56 Å². The Bertz CT molecular complexity index is 774. The summed E-state index contributed by atoms with van der Waals surface area (Å²) in [5.41, 5.74) is 1.33. The Morgan fingerprint density at radius 3 is 2.56 bits per heavy atom. The second-order valence-electron chi connectivity index (χ2n) is 4.84. The zero-order valence-electron chi connectivity index (χ0n) is 13.9. The van der Waals surface area contributed by atoms with E-state index in [0.29, 0.717) is 11.4 Å². The van der Waals surface area contributed by atoms with Crippen molar-refractivity contribution < 1.29 is 23.9 Å². The van der Waals surface area contributed by atoms with Gasteiger partial charge in [-0.2, -0.15) is 0 Å². The lowest BCUT2D eigenvalue weighted by molar-refractivity contribution is -0.120. The van der Waals surface area contributed by atoms with E-state index in [4.69, 9.17) is 9.57 Å². The minimum absolute atomic E-state index is 0.260. The maximum atomic E-state index is 11.9. The van der Waals surface area contributed by atoms with Gasteiger partial charge in [0.25, 0.3) is 5.91 Å². The van der Waals surface area contributed by atoms with Crippen LogP contribution in [0.4, 0.5) is 5.69 Å². The smallest absolute Gasteiger partial charge is 0.339 e. The third-order valence-corrected chi connectivity index (χ3v) is 3.21. The fourth-order valence-electron chi connectivity index (χ4n) is 2.03. The number of methoxy groups -OCH3 is 2. The van der Waals surface area contributed by atoms with Crippen molar-refractivity contribution in [2.24, 2.45) is 5.16 Å². The monoisotopic (exact) mass is 342 g/mol. The van der Waals surface area contributed by atoms with Crippen molar-refractivity contribution >= 4 is 23.8 Å². The number of carbonyl (C=O) groups excluding carboxylic acids is 2. The van der Waals surface area contributed by atoms with E-state index in [1.807, 2.05) is 12.1 Å². The average Bonchev–Trinajstić information content (AvgIpc) is 2.65. The topological polar surface area (TPSA) is 86.2 Å². The van der Waals surface area contributed by atoms with Crippen molar-refractivity contribution in [1.82, 2.24) is 0 Å². The van der Waals surface area contributed by atoms with Crippen molar-refractivity contribution in [3.8, 4) is 5.75 Å². The molecule has 2 aromatic carbocycles. The molecule has 0 spiro atoms. The van der Waals surface area contributed by atoms with Crippen LogP contribution in [0.1, 0.15) is 15.9 Å². The highest BCUT2D eigenvalue weighted by molar-refractivity contribution is 6.01. The third-order valence-electron chi connectivity index (χ3n) is 3.21. The molecule has 7 heteroatoms. The average molecular weight is 342 g/mol. The van der Waals surface area contributed by atoms with Gasteiger partial charge in [-0.25, -0.2) is 4.79 Å². The zero-order chi connectivity index (χ0) is 18.1. The van der Waals surface area contributed by atoms with Crippen LogP contribution in [-0.2, 0) is 14.4 Å². The zero-order valence-corrected chi connectivity index (χ0v) is 13.9. The number of para-hydroxylation sites is 2. The van der Waals surface area contributed by atoms with E-state index in [2.05, 4.69) is 15.2 Å². The lowest BCUT2D eigenvalue weighted by Gasteiger charge is -2.08. The van der Waals surface area contributed by atoms with E-state index in [9.17, 15) is 9.59 Å². The molecule has 0 unspecified atom stereocenters. The second-order valence-corrected chi connectivity index (χ2v) is 4.84. The number of nitrogens with one attached hydrogen (secondary N) is 1. The van der Waals surface area contributed by atoms with Gasteiger partial charge in [-0.15, -0.1) is 0 Å². The normalized spacial score (nSPS) is 10.3. The molecular weight excluding hydrogens is 324 g/mol. The molecule has 2 aromatic rings. The number of carbonyl (C=O) groups is 2. The van der Waals surface area contributed by atoms with Gasteiger partial charge in [0.2, 0.25) is 0 Å². The Labute approximate surface area is 145 Å². The maximum absolute atomic E-state index is 11.9. The Morgan fingerprint density at radius 2 is 1.80 bits per heavy atom. The summed E-state index contributed by atoms with van der Waals surface area (Å²) in [5.74, 6) is -0.342. The molecule has 0 fully saturated rings. The number of hydrogen-bond donors (Lipinski definition) is 1. The van der Waals surface area contributed by atoms with E-state index < -0.39 is 11.9 Å². The molecule has 0 aromatic heterocycles. The predicted octanol–water partition coefficient (Wildman–Crippen LogP) is 2.47. The summed E-state index contributed by atoms with van der Waals surface area (Å²) in [6, 6.07) is 13.8. The number of oxime groups is 1. The van der Waals surface area contributed by atoms with E-state index in [-0.39, 0.29) is 12.2 Å². The highest BCUT2D eigenvalue weighted by Gasteiger charge is 2.13. The van der Waals surface area contributed by atoms with Gasteiger partial charge in [0.1, 0.15) is 5.75 Å². The molecule has 0 aliphatic rings. The van der Waals surface area contributed by atoms with Gasteiger partial charge in [0.15, 0.2) is 6.61 Å². The van der Waals surface area contributed by atoms with Crippen molar-refractivity contribution in [1.29, 1.82) is 0 Å². The van der Waals surface area contributed by atoms with Crippen LogP contribution in [0.2, 0.25) is 0 Å². The fourth-order valence-corrected chi connectivity index (χ4v) is 2.03.